The van der Waals surface area contributed by atoms with Crippen molar-refractivity contribution in [1.29, 1.82) is 0 Å². The summed E-state index contributed by atoms with van der Waals surface area (Å²) in [6.45, 7) is 1.26. The minimum absolute atomic E-state index is 0.205. The zero-order valence-electron chi connectivity index (χ0n) is 9.76. The molecule has 0 bridgehead atoms. The molecule has 0 aromatic heterocycles. The van der Waals surface area contributed by atoms with Crippen LogP contribution in [-0.4, -0.2) is 41.4 Å². The number of carbonyl (C=O) groups excluding carboxylic acids is 1. The minimum atomic E-state index is -0.487. The Morgan fingerprint density at radius 3 is 2.35 bits per heavy atom. The molecule has 1 unspecified atom stereocenters. The first-order chi connectivity index (χ1) is 8.17. The summed E-state index contributed by atoms with van der Waals surface area (Å²) in [5, 5.41) is 23.3. The van der Waals surface area contributed by atoms with Crippen molar-refractivity contribution in [2.24, 2.45) is 0 Å². The highest BCUT2D eigenvalue weighted by molar-refractivity contribution is 5.94. The SMILES string of the molecule is CC(NC(CO)CO)C(=O)Nc1ccccc1. The van der Waals surface area contributed by atoms with Gasteiger partial charge in [-0.3, -0.25) is 10.1 Å². The standard InChI is InChI=1S/C12H18N2O3/c1-9(13-11(7-15)8-16)12(17)14-10-5-3-2-4-6-10/h2-6,9,11,13,15-16H,7-8H2,1H3,(H,14,17). The van der Waals surface area contributed by atoms with E-state index in [-0.39, 0.29) is 19.1 Å². The lowest BCUT2D eigenvalue weighted by atomic mass is 10.2. The van der Waals surface area contributed by atoms with Crippen molar-refractivity contribution in [3.8, 4) is 0 Å². The van der Waals surface area contributed by atoms with Crippen molar-refractivity contribution in [3.63, 3.8) is 0 Å². The molecule has 0 aliphatic heterocycles. The summed E-state index contributed by atoms with van der Waals surface area (Å²) < 4.78 is 0. The van der Waals surface area contributed by atoms with Gasteiger partial charge in [0, 0.05) is 5.69 Å². The molecule has 1 aromatic rings. The molecule has 0 aliphatic rings. The molecular weight excluding hydrogens is 220 g/mol. The molecule has 94 valence electrons. The molecule has 1 atom stereocenters. The second-order valence-electron chi connectivity index (χ2n) is 3.81. The van der Waals surface area contributed by atoms with E-state index in [4.69, 9.17) is 10.2 Å². The highest BCUT2D eigenvalue weighted by atomic mass is 16.3. The van der Waals surface area contributed by atoms with Crippen molar-refractivity contribution in [3.05, 3.63) is 30.3 Å². The van der Waals surface area contributed by atoms with Gasteiger partial charge in [0.15, 0.2) is 0 Å². The number of para-hydroxylation sites is 1. The van der Waals surface area contributed by atoms with Gasteiger partial charge in [0.1, 0.15) is 0 Å². The number of anilines is 1. The zero-order valence-corrected chi connectivity index (χ0v) is 9.76. The summed E-state index contributed by atoms with van der Waals surface area (Å²) in [6.07, 6.45) is 0. The van der Waals surface area contributed by atoms with Gasteiger partial charge in [-0.05, 0) is 19.1 Å². The smallest absolute Gasteiger partial charge is 0.241 e. The average molecular weight is 238 g/mol. The lowest BCUT2D eigenvalue weighted by Crippen LogP contribution is -2.47. The number of aliphatic hydroxyl groups is 2. The average Bonchev–Trinajstić information content (AvgIpc) is 2.36. The third kappa shape index (κ3) is 4.52. The zero-order chi connectivity index (χ0) is 12.7. The maximum absolute atomic E-state index is 11.7. The van der Waals surface area contributed by atoms with Gasteiger partial charge in [0.2, 0.25) is 5.91 Å². The molecule has 0 saturated carbocycles. The van der Waals surface area contributed by atoms with Crippen LogP contribution in [0.25, 0.3) is 0 Å². The first-order valence-electron chi connectivity index (χ1n) is 5.51. The Kier molecular flexibility index (Phi) is 5.62. The summed E-state index contributed by atoms with van der Waals surface area (Å²) in [7, 11) is 0. The molecule has 1 rings (SSSR count). The molecule has 5 nitrogen and oxygen atoms in total. The molecular formula is C12H18N2O3. The summed E-state index contributed by atoms with van der Waals surface area (Å²) in [4.78, 5) is 11.7. The van der Waals surface area contributed by atoms with E-state index in [0.29, 0.717) is 0 Å². The highest BCUT2D eigenvalue weighted by Gasteiger charge is 2.16. The topological polar surface area (TPSA) is 81.6 Å². The van der Waals surface area contributed by atoms with Crippen molar-refractivity contribution in [2.75, 3.05) is 18.5 Å². The van der Waals surface area contributed by atoms with Gasteiger partial charge in [0.25, 0.3) is 0 Å². The Hall–Kier alpha value is -1.43. The van der Waals surface area contributed by atoms with Crippen molar-refractivity contribution < 1.29 is 15.0 Å². The Labute approximate surface area is 100 Å². The van der Waals surface area contributed by atoms with E-state index >= 15 is 0 Å². The second kappa shape index (κ2) is 7.01. The van der Waals surface area contributed by atoms with Crippen molar-refractivity contribution in [1.82, 2.24) is 5.32 Å². The van der Waals surface area contributed by atoms with Crippen molar-refractivity contribution in [2.45, 2.75) is 19.0 Å². The predicted octanol–water partition coefficient (Wildman–Crippen LogP) is -0.0436. The molecule has 0 saturated heterocycles. The van der Waals surface area contributed by atoms with Crippen molar-refractivity contribution >= 4 is 11.6 Å². The van der Waals surface area contributed by atoms with E-state index in [1.54, 1.807) is 19.1 Å². The van der Waals surface area contributed by atoms with Crippen LogP contribution in [0.1, 0.15) is 6.92 Å². The van der Waals surface area contributed by atoms with E-state index in [0.717, 1.165) is 5.69 Å². The van der Waals surface area contributed by atoms with E-state index in [1.807, 2.05) is 18.2 Å². The van der Waals surface area contributed by atoms with Crippen LogP contribution in [0.5, 0.6) is 0 Å². The van der Waals surface area contributed by atoms with Gasteiger partial charge in [-0.15, -0.1) is 0 Å². The van der Waals surface area contributed by atoms with Gasteiger partial charge in [-0.25, -0.2) is 0 Å². The van der Waals surface area contributed by atoms with Crippen LogP contribution in [0.2, 0.25) is 0 Å². The lowest BCUT2D eigenvalue weighted by molar-refractivity contribution is -0.118. The quantitative estimate of drug-likeness (QED) is 0.560. The first-order valence-corrected chi connectivity index (χ1v) is 5.51. The van der Waals surface area contributed by atoms with Crippen LogP contribution in [0.15, 0.2) is 30.3 Å². The van der Waals surface area contributed by atoms with E-state index in [9.17, 15) is 4.79 Å². The predicted molar refractivity (Wildman–Crippen MR) is 65.6 cm³/mol. The van der Waals surface area contributed by atoms with E-state index < -0.39 is 12.1 Å². The van der Waals surface area contributed by atoms with Crippen LogP contribution >= 0.6 is 0 Å². The fraction of sp³-hybridized carbons (Fsp3) is 0.417. The van der Waals surface area contributed by atoms with E-state index in [1.165, 1.54) is 0 Å². The van der Waals surface area contributed by atoms with Crippen LogP contribution in [0.3, 0.4) is 0 Å². The monoisotopic (exact) mass is 238 g/mol. The van der Waals surface area contributed by atoms with Crippen LogP contribution in [-0.2, 0) is 4.79 Å². The first kappa shape index (κ1) is 13.6. The van der Waals surface area contributed by atoms with E-state index in [2.05, 4.69) is 10.6 Å². The number of rotatable bonds is 6. The third-order valence-electron chi connectivity index (χ3n) is 2.36. The number of nitrogens with one attached hydrogen (secondary N) is 2. The molecule has 17 heavy (non-hydrogen) atoms. The molecule has 0 aliphatic carbocycles. The van der Waals surface area contributed by atoms with Crippen LogP contribution in [0, 0.1) is 0 Å². The number of carbonyl (C=O) groups is 1. The Balaban J connectivity index is 2.47. The van der Waals surface area contributed by atoms with Crippen LogP contribution < -0.4 is 10.6 Å². The normalized spacial score (nSPS) is 12.5. The molecule has 4 N–H and O–H groups in total. The molecule has 0 heterocycles. The summed E-state index contributed by atoms with van der Waals surface area (Å²) in [5.41, 5.74) is 0.718. The van der Waals surface area contributed by atoms with Crippen LogP contribution in [0.4, 0.5) is 5.69 Å². The molecule has 0 radical (unpaired) electrons. The second-order valence-corrected chi connectivity index (χ2v) is 3.81. The Morgan fingerprint density at radius 1 is 1.24 bits per heavy atom. The third-order valence-corrected chi connectivity index (χ3v) is 2.36. The fourth-order valence-corrected chi connectivity index (χ4v) is 1.36. The Morgan fingerprint density at radius 2 is 1.82 bits per heavy atom. The van der Waals surface area contributed by atoms with Gasteiger partial charge in [0.05, 0.1) is 25.3 Å². The maximum Gasteiger partial charge on any atom is 0.241 e. The number of aliphatic hydroxyl groups excluding tert-OH is 2. The molecule has 0 spiro atoms. The number of benzene rings is 1. The molecule has 0 fully saturated rings. The molecule has 1 aromatic carbocycles. The Bertz CT molecular complexity index is 339. The minimum Gasteiger partial charge on any atom is -0.395 e. The van der Waals surface area contributed by atoms with Gasteiger partial charge >= 0.3 is 0 Å². The van der Waals surface area contributed by atoms with Gasteiger partial charge in [-0.1, -0.05) is 18.2 Å². The fourth-order valence-electron chi connectivity index (χ4n) is 1.36. The van der Waals surface area contributed by atoms with Gasteiger partial charge < -0.3 is 15.5 Å². The molecule has 1 amide bonds. The largest absolute Gasteiger partial charge is 0.395 e. The van der Waals surface area contributed by atoms with Gasteiger partial charge in [-0.2, -0.15) is 0 Å². The summed E-state index contributed by atoms with van der Waals surface area (Å²) >= 11 is 0. The highest BCUT2D eigenvalue weighted by Crippen LogP contribution is 2.05. The summed E-state index contributed by atoms with van der Waals surface area (Å²) in [5.74, 6) is -0.205. The molecule has 5 heteroatoms. The lowest BCUT2D eigenvalue weighted by Gasteiger charge is -2.19. The number of hydrogen-bond donors (Lipinski definition) is 4. The number of amides is 1. The maximum atomic E-state index is 11.7. The summed E-state index contributed by atoms with van der Waals surface area (Å²) in [6, 6.07) is 8.15. The number of hydrogen-bond acceptors (Lipinski definition) is 4.